The molecule has 0 atom stereocenters. The zero-order valence-corrected chi connectivity index (χ0v) is 14.9. The molecule has 23 heavy (non-hydrogen) atoms. The number of amidine groups is 1. The van der Waals surface area contributed by atoms with Crippen LogP contribution in [0.5, 0.6) is 0 Å². The molecule has 1 aromatic rings. The van der Waals surface area contributed by atoms with Crippen LogP contribution in [0.15, 0.2) is 22.5 Å². The standard InChI is InChI=1S/C16H22N2O3S2/c1-12(19)11-23-16(17-9-15(20)21)18(13-5-2-3-6-13)10-14-7-4-8-22-14/h4,7-8,13H,2-3,5-6,9-11H2,1H3,(H,20,21)/b17-16-. The number of rotatable bonds is 7. The number of nitrogens with zero attached hydrogens (tertiary/aromatic N) is 2. The Labute approximate surface area is 144 Å². The highest BCUT2D eigenvalue weighted by Gasteiger charge is 2.26. The van der Waals surface area contributed by atoms with Crippen molar-refractivity contribution < 1.29 is 14.7 Å². The van der Waals surface area contributed by atoms with Gasteiger partial charge in [0.2, 0.25) is 0 Å². The molecule has 1 N–H and O–H groups in total. The third-order valence-corrected chi connectivity index (χ3v) is 5.71. The summed E-state index contributed by atoms with van der Waals surface area (Å²) in [7, 11) is 0. The average molecular weight is 354 g/mol. The van der Waals surface area contributed by atoms with Gasteiger partial charge in [0.15, 0.2) is 5.17 Å². The molecule has 0 aromatic carbocycles. The lowest BCUT2D eigenvalue weighted by Gasteiger charge is -2.31. The number of carbonyl (C=O) groups is 2. The summed E-state index contributed by atoms with van der Waals surface area (Å²) in [5.41, 5.74) is 0. The fourth-order valence-electron chi connectivity index (χ4n) is 2.66. The van der Waals surface area contributed by atoms with E-state index in [-0.39, 0.29) is 12.3 Å². The van der Waals surface area contributed by atoms with Crippen LogP contribution in [0.25, 0.3) is 0 Å². The van der Waals surface area contributed by atoms with Gasteiger partial charge in [-0.25, -0.2) is 0 Å². The minimum atomic E-state index is -0.951. The van der Waals surface area contributed by atoms with Crippen molar-refractivity contribution in [2.75, 3.05) is 12.3 Å². The summed E-state index contributed by atoms with van der Waals surface area (Å²) in [5, 5.41) is 11.7. The van der Waals surface area contributed by atoms with E-state index in [0.29, 0.717) is 17.0 Å². The van der Waals surface area contributed by atoms with Gasteiger partial charge >= 0.3 is 5.97 Å². The molecular weight excluding hydrogens is 332 g/mol. The number of thioether (sulfide) groups is 1. The number of hydrogen-bond donors (Lipinski definition) is 1. The van der Waals surface area contributed by atoms with E-state index in [1.165, 1.54) is 29.5 Å². The molecule has 1 saturated carbocycles. The van der Waals surface area contributed by atoms with Crippen molar-refractivity contribution in [1.82, 2.24) is 4.90 Å². The first kappa shape index (κ1) is 18.0. The quantitative estimate of drug-likeness (QED) is 0.601. The second-order valence-corrected chi connectivity index (χ2v) is 7.60. The number of thiophene rings is 1. The van der Waals surface area contributed by atoms with Crippen molar-refractivity contribution in [1.29, 1.82) is 0 Å². The maximum Gasteiger partial charge on any atom is 0.325 e. The molecule has 0 spiro atoms. The minimum absolute atomic E-state index is 0.0699. The van der Waals surface area contributed by atoms with E-state index < -0.39 is 5.97 Å². The summed E-state index contributed by atoms with van der Waals surface area (Å²) in [6, 6.07) is 4.48. The Bertz CT molecular complexity index is 552. The Balaban J connectivity index is 2.19. The average Bonchev–Trinajstić information content (AvgIpc) is 3.18. The first-order valence-electron chi connectivity index (χ1n) is 7.73. The number of aliphatic imine (C=N–C) groups is 1. The number of ketones is 1. The van der Waals surface area contributed by atoms with Gasteiger partial charge in [-0.05, 0) is 31.2 Å². The van der Waals surface area contributed by atoms with E-state index in [2.05, 4.69) is 16.0 Å². The number of aliphatic carboxylic acids is 1. The van der Waals surface area contributed by atoms with Crippen LogP contribution in [-0.2, 0) is 16.1 Å². The molecular formula is C16H22N2O3S2. The first-order valence-corrected chi connectivity index (χ1v) is 9.60. The number of Topliss-reactive ketones (excluding diaryl/α,β-unsaturated/α-hetero) is 1. The molecule has 2 rings (SSSR count). The Kier molecular flexibility index (Phi) is 7.11. The number of hydrogen-bond acceptors (Lipinski definition) is 5. The SMILES string of the molecule is CC(=O)CS/C(=N\CC(=O)O)N(Cc1cccs1)C1CCCC1. The van der Waals surface area contributed by atoms with Gasteiger partial charge in [0, 0.05) is 10.9 Å². The van der Waals surface area contributed by atoms with E-state index >= 15 is 0 Å². The van der Waals surface area contributed by atoms with Gasteiger partial charge in [-0.2, -0.15) is 0 Å². The zero-order chi connectivity index (χ0) is 16.7. The summed E-state index contributed by atoms with van der Waals surface area (Å²) in [4.78, 5) is 29.9. The van der Waals surface area contributed by atoms with Crippen LogP contribution >= 0.6 is 23.1 Å². The molecule has 5 nitrogen and oxygen atoms in total. The zero-order valence-electron chi connectivity index (χ0n) is 13.2. The Morgan fingerprint density at radius 3 is 2.74 bits per heavy atom. The lowest BCUT2D eigenvalue weighted by Crippen LogP contribution is -2.37. The van der Waals surface area contributed by atoms with Crippen molar-refractivity contribution in [3.8, 4) is 0 Å². The Hall–Kier alpha value is -1.34. The van der Waals surface area contributed by atoms with Crippen LogP contribution < -0.4 is 0 Å². The highest BCUT2D eigenvalue weighted by atomic mass is 32.2. The van der Waals surface area contributed by atoms with E-state index in [1.54, 1.807) is 18.3 Å². The van der Waals surface area contributed by atoms with Gasteiger partial charge in [0.1, 0.15) is 12.3 Å². The molecule has 0 radical (unpaired) electrons. The molecule has 1 heterocycles. The summed E-state index contributed by atoms with van der Waals surface area (Å²) < 4.78 is 0. The van der Waals surface area contributed by atoms with Crippen LogP contribution in [-0.4, -0.2) is 45.3 Å². The lowest BCUT2D eigenvalue weighted by atomic mass is 10.2. The largest absolute Gasteiger partial charge is 0.480 e. The van der Waals surface area contributed by atoms with Gasteiger partial charge in [0.05, 0.1) is 12.3 Å². The predicted octanol–water partition coefficient (Wildman–Crippen LogP) is 3.26. The smallest absolute Gasteiger partial charge is 0.325 e. The lowest BCUT2D eigenvalue weighted by molar-refractivity contribution is -0.135. The van der Waals surface area contributed by atoms with E-state index in [9.17, 15) is 9.59 Å². The summed E-state index contributed by atoms with van der Waals surface area (Å²) >= 11 is 3.04. The predicted molar refractivity (Wildman–Crippen MR) is 95.2 cm³/mol. The monoisotopic (exact) mass is 354 g/mol. The van der Waals surface area contributed by atoms with Gasteiger partial charge in [0.25, 0.3) is 0 Å². The highest BCUT2D eigenvalue weighted by molar-refractivity contribution is 8.14. The fourth-order valence-corrected chi connectivity index (χ4v) is 4.23. The van der Waals surface area contributed by atoms with Crippen molar-refractivity contribution in [2.45, 2.75) is 45.2 Å². The van der Waals surface area contributed by atoms with Crippen molar-refractivity contribution in [3.63, 3.8) is 0 Å². The van der Waals surface area contributed by atoms with E-state index in [0.717, 1.165) is 19.4 Å². The molecule has 0 unspecified atom stereocenters. The van der Waals surface area contributed by atoms with Gasteiger partial charge < -0.3 is 10.0 Å². The van der Waals surface area contributed by atoms with Crippen LogP contribution in [0.4, 0.5) is 0 Å². The van der Waals surface area contributed by atoms with Crippen LogP contribution in [0.1, 0.15) is 37.5 Å². The molecule has 7 heteroatoms. The number of carboxylic acids is 1. The molecule has 1 aliphatic rings. The Morgan fingerprint density at radius 1 is 1.43 bits per heavy atom. The first-order chi connectivity index (χ1) is 11.1. The molecule has 0 aliphatic heterocycles. The molecule has 1 fully saturated rings. The minimum Gasteiger partial charge on any atom is -0.480 e. The summed E-state index contributed by atoms with van der Waals surface area (Å²) in [6.07, 6.45) is 4.57. The van der Waals surface area contributed by atoms with E-state index in [1.807, 2.05) is 11.4 Å². The maximum absolute atomic E-state index is 11.3. The Morgan fingerprint density at radius 2 is 2.17 bits per heavy atom. The van der Waals surface area contributed by atoms with Crippen LogP contribution in [0, 0.1) is 0 Å². The third kappa shape index (κ3) is 5.99. The topological polar surface area (TPSA) is 70.0 Å². The van der Waals surface area contributed by atoms with Crippen LogP contribution in [0.2, 0.25) is 0 Å². The fraction of sp³-hybridized carbons (Fsp3) is 0.562. The third-order valence-electron chi connectivity index (χ3n) is 3.67. The second kappa shape index (κ2) is 9.08. The van der Waals surface area contributed by atoms with Crippen molar-refractivity contribution in [2.24, 2.45) is 4.99 Å². The van der Waals surface area contributed by atoms with Crippen molar-refractivity contribution in [3.05, 3.63) is 22.4 Å². The molecule has 126 valence electrons. The van der Waals surface area contributed by atoms with E-state index in [4.69, 9.17) is 5.11 Å². The van der Waals surface area contributed by atoms with Gasteiger partial charge in [-0.3, -0.25) is 14.6 Å². The molecule has 1 aliphatic carbocycles. The molecule has 0 amide bonds. The number of carbonyl (C=O) groups excluding carboxylic acids is 1. The number of carboxylic acid groups (broad SMARTS) is 1. The second-order valence-electron chi connectivity index (χ2n) is 5.63. The molecule has 1 aromatic heterocycles. The highest BCUT2D eigenvalue weighted by Crippen LogP contribution is 2.28. The molecule has 0 saturated heterocycles. The van der Waals surface area contributed by atoms with Crippen molar-refractivity contribution >= 4 is 40.0 Å². The summed E-state index contributed by atoms with van der Waals surface area (Å²) in [5.74, 6) is -0.555. The van der Waals surface area contributed by atoms with Crippen LogP contribution in [0.3, 0.4) is 0 Å². The van der Waals surface area contributed by atoms with Gasteiger partial charge in [-0.1, -0.05) is 30.7 Å². The maximum atomic E-state index is 11.3. The normalized spacial score (nSPS) is 15.8. The van der Waals surface area contributed by atoms with Gasteiger partial charge in [-0.15, -0.1) is 11.3 Å². The molecule has 0 bridgehead atoms. The summed E-state index contributed by atoms with van der Waals surface area (Å²) in [6.45, 7) is 2.01.